The number of nitrogens with zero attached hydrogens (tertiary/aromatic N) is 2. The average molecular weight is 250 g/mol. The number of aromatic nitrogens is 3. The van der Waals surface area contributed by atoms with Crippen molar-refractivity contribution in [2.75, 3.05) is 5.32 Å². The fourth-order valence-electron chi connectivity index (χ4n) is 1.21. The van der Waals surface area contributed by atoms with Crippen molar-refractivity contribution in [1.82, 2.24) is 15.2 Å². The lowest BCUT2D eigenvalue weighted by Gasteiger charge is -1.98. The summed E-state index contributed by atoms with van der Waals surface area (Å²) in [4.78, 5) is 25.5. The molecule has 2 rings (SSSR count). The number of nitrogens with one attached hydrogen (secondary N) is 2. The summed E-state index contributed by atoms with van der Waals surface area (Å²) in [6.45, 7) is 1.95. The molecule has 0 spiro atoms. The van der Waals surface area contributed by atoms with Gasteiger partial charge in [0.2, 0.25) is 5.13 Å². The highest BCUT2D eigenvalue weighted by atomic mass is 32.1. The predicted molar refractivity (Wildman–Crippen MR) is 64.3 cm³/mol. The molecule has 2 aromatic heterocycles. The Morgan fingerprint density at radius 2 is 2.35 bits per heavy atom. The number of hydrogen-bond donors (Lipinski definition) is 2. The van der Waals surface area contributed by atoms with E-state index in [0.717, 1.165) is 11.4 Å². The highest BCUT2D eigenvalue weighted by Crippen LogP contribution is 2.15. The second-order valence-corrected chi connectivity index (χ2v) is 4.28. The summed E-state index contributed by atoms with van der Waals surface area (Å²) >= 11 is 1.30. The Morgan fingerprint density at radius 1 is 1.53 bits per heavy atom. The van der Waals surface area contributed by atoms with Gasteiger partial charge in [-0.15, -0.1) is 10.2 Å². The van der Waals surface area contributed by atoms with Crippen LogP contribution < -0.4 is 10.9 Å². The number of amides is 1. The van der Waals surface area contributed by atoms with Gasteiger partial charge in [-0.25, -0.2) is 0 Å². The zero-order valence-electron chi connectivity index (χ0n) is 9.06. The van der Waals surface area contributed by atoms with Crippen LogP contribution in [0.2, 0.25) is 0 Å². The maximum absolute atomic E-state index is 11.7. The smallest absolute Gasteiger partial charge is 0.263 e. The van der Waals surface area contributed by atoms with Gasteiger partial charge in [-0.1, -0.05) is 18.3 Å². The molecule has 0 atom stereocenters. The fourth-order valence-corrected chi connectivity index (χ4v) is 1.89. The third-order valence-corrected chi connectivity index (χ3v) is 3.04. The Balaban J connectivity index is 2.17. The highest BCUT2D eigenvalue weighted by molar-refractivity contribution is 7.15. The van der Waals surface area contributed by atoms with Crippen LogP contribution in [0.3, 0.4) is 0 Å². The summed E-state index contributed by atoms with van der Waals surface area (Å²) in [5.74, 6) is -0.481. The third kappa shape index (κ3) is 2.56. The molecule has 0 unspecified atom stereocenters. The molecule has 2 aromatic rings. The van der Waals surface area contributed by atoms with Gasteiger partial charge >= 0.3 is 0 Å². The number of anilines is 1. The first kappa shape index (κ1) is 11.5. The van der Waals surface area contributed by atoms with Crippen LogP contribution in [0.5, 0.6) is 0 Å². The lowest BCUT2D eigenvalue weighted by Crippen LogP contribution is -2.22. The minimum Gasteiger partial charge on any atom is -0.328 e. The highest BCUT2D eigenvalue weighted by Gasteiger charge is 2.12. The molecule has 0 aliphatic rings. The van der Waals surface area contributed by atoms with Crippen LogP contribution in [0, 0.1) is 0 Å². The number of carbonyl (C=O) groups excluding carboxylic acids is 1. The van der Waals surface area contributed by atoms with Crippen LogP contribution in [0.4, 0.5) is 5.13 Å². The molecule has 0 aliphatic carbocycles. The monoisotopic (exact) mass is 250 g/mol. The molecule has 17 heavy (non-hydrogen) atoms. The van der Waals surface area contributed by atoms with Gasteiger partial charge in [0.15, 0.2) is 0 Å². The van der Waals surface area contributed by atoms with Crippen LogP contribution in [-0.2, 0) is 6.42 Å². The van der Waals surface area contributed by atoms with E-state index in [1.54, 1.807) is 6.07 Å². The number of H-pyrrole nitrogens is 1. The van der Waals surface area contributed by atoms with Gasteiger partial charge in [0, 0.05) is 6.20 Å². The summed E-state index contributed by atoms with van der Waals surface area (Å²) in [7, 11) is 0. The van der Waals surface area contributed by atoms with Crippen LogP contribution in [-0.4, -0.2) is 21.1 Å². The molecular formula is C10H10N4O2S. The van der Waals surface area contributed by atoms with E-state index in [9.17, 15) is 9.59 Å². The van der Waals surface area contributed by atoms with E-state index in [4.69, 9.17) is 0 Å². The van der Waals surface area contributed by atoms with Gasteiger partial charge in [-0.2, -0.15) is 0 Å². The Bertz CT molecular complexity index is 590. The molecule has 0 aromatic carbocycles. The minimum absolute atomic E-state index is 0.0562. The zero-order valence-corrected chi connectivity index (χ0v) is 9.87. The maximum atomic E-state index is 11.7. The van der Waals surface area contributed by atoms with Crippen molar-refractivity contribution in [3.05, 3.63) is 39.3 Å². The van der Waals surface area contributed by atoms with Crippen molar-refractivity contribution in [3.8, 4) is 0 Å². The Hall–Kier alpha value is -2.02. The maximum Gasteiger partial charge on any atom is 0.263 e. The molecule has 0 radical (unpaired) electrons. The molecule has 0 saturated carbocycles. The molecule has 0 fully saturated rings. The molecule has 1 amide bonds. The number of aryl methyl sites for hydroxylation is 1. The molecular weight excluding hydrogens is 240 g/mol. The van der Waals surface area contributed by atoms with E-state index >= 15 is 0 Å². The van der Waals surface area contributed by atoms with Gasteiger partial charge in [0.05, 0.1) is 0 Å². The SMILES string of the molecule is CCc1nnc(NC(=O)c2ccc[nH]c2=O)s1. The van der Waals surface area contributed by atoms with Crippen molar-refractivity contribution in [2.45, 2.75) is 13.3 Å². The molecule has 7 heteroatoms. The summed E-state index contributed by atoms with van der Waals surface area (Å²) in [5.41, 5.74) is -0.369. The van der Waals surface area contributed by atoms with Gasteiger partial charge in [-0.3, -0.25) is 14.9 Å². The summed E-state index contributed by atoms with van der Waals surface area (Å²) in [6.07, 6.45) is 2.23. The number of aromatic amines is 1. The summed E-state index contributed by atoms with van der Waals surface area (Å²) in [6, 6.07) is 3.05. The predicted octanol–water partition coefficient (Wildman–Crippen LogP) is 1.04. The number of hydrogen-bond acceptors (Lipinski definition) is 5. The van der Waals surface area contributed by atoms with E-state index < -0.39 is 11.5 Å². The van der Waals surface area contributed by atoms with Crippen molar-refractivity contribution in [2.24, 2.45) is 0 Å². The first-order chi connectivity index (χ1) is 8.20. The number of rotatable bonds is 3. The standard InChI is InChI=1S/C10H10N4O2S/c1-2-7-13-14-10(17-7)12-9(16)6-4-3-5-11-8(6)15/h3-5H,2H2,1H3,(H,11,15)(H,12,14,16). The van der Waals surface area contributed by atoms with Crippen LogP contribution >= 0.6 is 11.3 Å². The van der Waals surface area contributed by atoms with Gasteiger partial charge < -0.3 is 4.98 Å². The van der Waals surface area contributed by atoms with E-state index in [1.165, 1.54) is 23.6 Å². The third-order valence-electron chi connectivity index (χ3n) is 2.05. The normalized spacial score (nSPS) is 10.2. The van der Waals surface area contributed by atoms with Crippen molar-refractivity contribution < 1.29 is 4.79 Å². The van der Waals surface area contributed by atoms with Crippen LogP contribution in [0.15, 0.2) is 23.1 Å². The van der Waals surface area contributed by atoms with Gasteiger partial charge in [0.1, 0.15) is 10.6 Å². The molecule has 2 N–H and O–H groups in total. The molecule has 0 bridgehead atoms. The second-order valence-electron chi connectivity index (χ2n) is 3.22. The van der Waals surface area contributed by atoms with E-state index in [1.807, 2.05) is 6.92 Å². The molecule has 0 aliphatic heterocycles. The Labute approximate surface area is 101 Å². The van der Waals surface area contributed by atoms with Crippen LogP contribution in [0.25, 0.3) is 0 Å². The number of carbonyl (C=O) groups is 1. The van der Waals surface area contributed by atoms with Gasteiger partial charge in [0.25, 0.3) is 11.5 Å². The molecule has 0 saturated heterocycles. The minimum atomic E-state index is -0.481. The Kier molecular flexibility index (Phi) is 3.29. The second kappa shape index (κ2) is 4.88. The fraction of sp³-hybridized carbons (Fsp3) is 0.200. The summed E-state index contributed by atoms with van der Waals surface area (Å²) < 4.78 is 0. The Morgan fingerprint density at radius 3 is 3.00 bits per heavy atom. The zero-order chi connectivity index (χ0) is 12.3. The first-order valence-electron chi connectivity index (χ1n) is 5.02. The van der Waals surface area contributed by atoms with Crippen molar-refractivity contribution >= 4 is 22.4 Å². The van der Waals surface area contributed by atoms with Gasteiger partial charge in [-0.05, 0) is 18.6 Å². The molecule has 88 valence electrons. The van der Waals surface area contributed by atoms with Crippen molar-refractivity contribution in [1.29, 1.82) is 0 Å². The van der Waals surface area contributed by atoms with Crippen molar-refractivity contribution in [3.63, 3.8) is 0 Å². The number of pyridine rings is 1. The summed E-state index contributed by atoms with van der Waals surface area (Å²) in [5, 5.41) is 11.5. The van der Waals surface area contributed by atoms with E-state index in [-0.39, 0.29) is 5.56 Å². The first-order valence-corrected chi connectivity index (χ1v) is 5.83. The van der Waals surface area contributed by atoms with E-state index in [2.05, 4.69) is 20.5 Å². The quantitative estimate of drug-likeness (QED) is 0.852. The lowest BCUT2D eigenvalue weighted by molar-refractivity contribution is 0.102. The molecule has 2 heterocycles. The van der Waals surface area contributed by atoms with Crippen LogP contribution in [0.1, 0.15) is 22.3 Å². The van der Waals surface area contributed by atoms with E-state index in [0.29, 0.717) is 5.13 Å². The average Bonchev–Trinajstić information content (AvgIpc) is 2.77. The lowest BCUT2D eigenvalue weighted by atomic mass is 10.3. The largest absolute Gasteiger partial charge is 0.328 e. The molecule has 6 nitrogen and oxygen atoms in total. The topological polar surface area (TPSA) is 87.7 Å².